The zero-order valence-corrected chi connectivity index (χ0v) is 16.7. The van der Waals surface area contributed by atoms with Gasteiger partial charge in [-0.3, -0.25) is 0 Å². The molecule has 4 aromatic rings. The number of carbonyl (C=O) groups excluding carboxylic acids is 1. The molecule has 1 aliphatic rings. The molecule has 0 radical (unpaired) electrons. The average molecular weight is 396 g/mol. The normalized spacial score (nSPS) is 18.3. The summed E-state index contributed by atoms with van der Waals surface area (Å²) in [6, 6.07) is 23.0. The van der Waals surface area contributed by atoms with Gasteiger partial charge in [-0.25, -0.2) is 9.79 Å². The van der Waals surface area contributed by atoms with Crippen LogP contribution in [0.1, 0.15) is 22.3 Å². The van der Waals surface area contributed by atoms with Gasteiger partial charge in [-0.05, 0) is 48.4 Å². The predicted molar refractivity (Wildman–Crippen MR) is 116 cm³/mol. The van der Waals surface area contributed by atoms with Crippen molar-refractivity contribution in [2.75, 3.05) is 7.11 Å². The number of nitrogens with zero attached hydrogens (tertiary/aromatic N) is 1. The Kier molecular flexibility index (Phi) is 4.17. The molecule has 0 aliphatic carbocycles. The lowest BCUT2D eigenvalue weighted by Gasteiger charge is -2.24. The summed E-state index contributed by atoms with van der Waals surface area (Å²) in [5.74, 6) is 0.619. The monoisotopic (exact) mass is 396 g/mol. The number of aromatic nitrogens is 1. The van der Waals surface area contributed by atoms with Gasteiger partial charge < -0.3 is 14.5 Å². The Balaban J connectivity index is 1.77. The van der Waals surface area contributed by atoms with E-state index in [0.29, 0.717) is 5.90 Å². The summed E-state index contributed by atoms with van der Waals surface area (Å²) >= 11 is 0. The van der Waals surface area contributed by atoms with Crippen LogP contribution in [0.3, 0.4) is 0 Å². The molecular formula is C25H20N2O3. The highest BCUT2D eigenvalue weighted by atomic mass is 16.6. The summed E-state index contributed by atoms with van der Waals surface area (Å²) in [7, 11) is 1.61. The first-order valence-electron chi connectivity index (χ1n) is 9.73. The van der Waals surface area contributed by atoms with E-state index in [0.717, 1.165) is 38.9 Å². The van der Waals surface area contributed by atoms with E-state index in [1.54, 1.807) is 7.11 Å². The summed E-state index contributed by atoms with van der Waals surface area (Å²) in [5.41, 5.74) is 2.95. The van der Waals surface area contributed by atoms with E-state index in [1.165, 1.54) is 0 Å². The number of rotatable bonds is 4. The molecule has 1 aliphatic heterocycles. The molecule has 5 rings (SSSR count). The van der Waals surface area contributed by atoms with Crippen LogP contribution in [-0.4, -0.2) is 24.0 Å². The van der Waals surface area contributed by atoms with Crippen molar-refractivity contribution < 1.29 is 14.3 Å². The summed E-state index contributed by atoms with van der Waals surface area (Å²) in [6.07, 6.45) is 1.86. The maximum absolute atomic E-state index is 13.5. The zero-order valence-electron chi connectivity index (χ0n) is 16.7. The number of hydrogen-bond acceptors (Lipinski definition) is 4. The highest BCUT2D eigenvalue weighted by molar-refractivity contribution is 6.11. The van der Waals surface area contributed by atoms with Crippen LogP contribution in [0.2, 0.25) is 0 Å². The molecule has 5 nitrogen and oxygen atoms in total. The molecule has 30 heavy (non-hydrogen) atoms. The molecule has 2 heterocycles. The van der Waals surface area contributed by atoms with Crippen LogP contribution in [0.5, 0.6) is 5.75 Å². The number of benzene rings is 3. The molecule has 1 aromatic heterocycles. The van der Waals surface area contributed by atoms with Gasteiger partial charge in [-0.1, -0.05) is 42.5 Å². The first kappa shape index (κ1) is 18.2. The van der Waals surface area contributed by atoms with Gasteiger partial charge in [0.1, 0.15) is 5.75 Å². The quantitative estimate of drug-likeness (QED) is 0.507. The van der Waals surface area contributed by atoms with Crippen LogP contribution in [0.4, 0.5) is 0 Å². The van der Waals surface area contributed by atoms with Crippen LogP contribution in [0.25, 0.3) is 10.9 Å². The third-order valence-corrected chi connectivity index (χ3v) is 5.60. The van der Waals surface area contributed by atoms with Crippen LogP contribution >= 0.6 is 0 Å². The van der Waals surface area contributed by atoms with E-state index in [9.17, 15) is 4.79 Å². The number of ether oxygens (including phenoxy) is 2. The molecule has 0 bridgehead atoms. The Morgan fingerprint density at radius 3 is 2.43 bits per heavy atom. The van der Waals surface area contributed by atoms with Crippen molar-refractivity contribution in [3.63, 3.8) is 0 Å². The van der Waals surface area contributed by atoms with E-state index in [4.69, 9.17) is 14.5 Å². The number of H-pyrrole nitrogens is 1. The highest BCUT2D eigenvalue weighted by Crippen LogP contribution is 2.44. The molecular weight excluding hydrogens is 376 g/mol. The van der Waals surface area contributed by atoms with Crippen molar-refractivity contribution in [1.29, 1.82) is 0 Å². The third kappa shape index (κ3) is 2.63. The Morgan fingerprint density at radius 1 is 0.933 bits per heavy atom. The number of esters is 1. The number of aliphatic imine (C=N–C) groups is 1. The van der Waals surface area contributed by atoms with E-state index in [-0.39, 0.29) is 0 Å². The lowest BCUT2D eigenvalue weighted by atomic mass is 9.81. The van der Waals surface area contributed by atoms with Crippen LogP contribution in [-0.2, 0) is 15.1 Å². The SMILES string of the molecule is COc1ccc(C2=NC(c3ccccc3C)(c3c[nH]c4ccccc34)C(=O)O2)cc1. The molecule has 1 N–H and O–H groups in total. The summed E-state index contributed by atoms with van der Waals surface area (Å²) < 4.78 is 11.0. The number of cyclic esters (lactones) is 1. The van der Waals surface area contributed by atoms with Crippen molar-refractivity contribution in [3.05, 3.63) is 101 Å². The third-order valence-electron chi connectivity index (χ3n) is 5.60. The number of para-hydroxylation sites is 1. The van der Waals surface area contributed by atoms with Crippen molar-refractivity contribution in [3.8, 4) is 5.75 Å². The molecule has 148 valence electrons. The average Bonchev–Trinajstić information content (AvgIpc) is 3.36. The van der Waals surface area contributed by atoms with Crippen LogP contribution in [0, 0.1) is 6.92 Å². The lowest BCUT2D eigenvalue weighted by molar-refractivity contribution is -0.137. The first-order chi connectivity index (χ1) is 14.6. The van der Waals surface area contributed by atoms with Gasteiger partial charge in [0.2, 0.25) is 11.4 Å². The Bertz CT molecular complexity index is 1290. The lowest BCUT2D eigenvalue weighted by Crippen LogP contribution is -2.33. The van der Waals surface area contributed by atoms with Gasteiger partial charge in [0.15, 0.2) is 0 Å². The maximum Gasteiger partial charge on any atom is 0.350 e. The topological polar surface area (TPSA) is 63.7 Å². The molecule has 0 spiro atoms. The molecule has 1 unspecified atom stereocenters. The fraction of sp³-hybridized carbons (Fsp3) is 0.120. The summed E-state index contributed by atoms with van der Waals surface area (Å²) in [4.78, 5) is 21.7. The summed E-state index contributed by atoms with van der Waals surface area (Å²) in [5, 5.41) is 0.942. The zero-order chi connectivity index (χ0) is 20.7. The van der Waals surface area contributed by atoms with Crippen molar-refractivity contribution in [1.82, 2.24) is 4.98 Å². The summed E-state index contributed by atoms with van der Waals surface area (Å²) in [6.45, 7) is 1.99. The van der Waals surface area contributed by atoms with E-state index in [2.05, 4.69) is 4.98 Å². The molecule has 0 saturated carbocycles. The molecule has 0 fully saturated rings. The second-order valence-corrected chi connectivity index (χ2v) is 7.31. The number of methoxy groups -OCH3 is 1. The van der Waals surface area contributed by atoms with Gasteiger partial charge in [-0.2, -0.15) is 0 Å². The number of aromatic amines is 1. The molecule has 1 atom stereocenters. The molecule has 5 heteroatoms. The van der Waals surface area contributed by atoms with E-state index >= 15 is 0 Å². The Hall–Kier alpha value is -3.86. The van der Waals surface area contributed by atoms with E-state index < -0.39 is 11.5 Å². The number of aryl methyl sites for hydroxylation is 1. The minimum Gasteiger partial charge on any atom is -0.497 e. The minimum atomic E-state index is -1.28. The predicted octanol–water partition coefficient (Wildman–Crippen LogP) is 4.73. The number of carbonyl (C=O) groups is 1. The first-order valence-corrected chi connectivity index (χ1v) is 9.73. The number of fused-ring (bicyclic) bond motifs is 1. The van der Waals surface area contributed by atoms with E-state index in [1.807, 2.05) is 85.9 Å². The molecule has 0 saturated heterocycles. The fourth-order valence-electron chi connectivity index (χ4n) is 4.07. The smallest absolute Gasteiger partial charge is 0.350 e. The van der Waals surface area contributed by atoms with Crippen molar-refractivity contribution in [2.45, 2.75) is 12.5 Å². The highest BCUT2D eigenvalue weighted by Gasteiger charge is 2.51. The minimum absolute atomic E-state index is 0.302. The maximum atomic E-state index is 13.5. The second-order valence-electron chi connectivity index (χ2n) is 7.31. The number of hydrogen-bond donors (Lipinski definition) is 1. The number of nitrogens with one attached hydrogen (secondary N) is 1. The van der Waals surface area contributed by atoms with Gasteiger partial charge in [0, 0.05) is 28.2 Å². The van der Waals surface area contributed by atoms with Gasteiger partial charge >= 0.3 is 5.97 Å². The Labute approximate surface area is 174 Å². The van der Waals surface area contributed by atoms with Crippen LogP contribution in [0.15, 0.2) is 84.0 Å². The molecule has 3 aromatic carbocycles. The standard InChI is InChI=1S/C25H20N2O3/c1-16-7-3-5-9-20(16)25(21-15-26-22-10-6-4-8-19(21)22)24(28)30-23(27-25)17-11-13-18(29-2)14-12-17/h3-15,26H,1-2H3. The molecule has 0 amide bonds. The second kappa shape index (κ2) is 6.88. The van der Waals surface area contributed by atoms with Gasteiger partial charge in [0.25, 0.3) is 0 Å². The fourth-order valence-corrected chi connectivity index (χ4v) is 4.07. The van der Waals surface area contributed by atoms with Crippen LogP contribution < -0.4 is 4.74 Å². The Morgan fingerprint density at radius 2 is 1.67 bits per heavy atom. The van der Waals surface area contributed by atoms with Gasteiger partial charge in [0.05, 0.1) is 7.11 Å². The van der Waals surface area contributed by atoms with Crippen molar-refractivity contribution in [2.24, 2.45) is 4.99 Å². The largest absolute Gasteiger partial charge is 0.497 e. The van der Waals surface area contributed by atoms with Gasteiger partial charge in [-0.15, -0.1) is 0 Å². The van der Waals surface area contributed by atoms with Crippen molar-refractivity contribution >= 4 is 22.8 Å².